The van der Waals surface area contributed by atoms with Gasteiger partial charge < -0.3 is 5.32 Å². The summed E-state index contributed by atoms with van der Waals surface area (Å²) < 4.78 is 4.95. The molecule has 1 heterocycles. The average molecular weight is 304 g/mol. The number of hydrogen-bond donors (Lipinski definition) is 1. The van der Waals surface area contributed by atoms with E-state index in [4.69, 9.17) is 5.26 Å². The molecule has 0 aliphatic rings. The van der Waals surface area contributed by atoms with Gasteiger partial charge in [0.2, 0.25) is 5.91 Å². The van der Waals surface area contributed by atoms with Gasteiger partial charge in [-0.05, 0) is 30.6 Å². The molecule has 0 atom stereocenters. The zero-order chi connectivity index (χ0) is 14.4. The summed E-state index contributed by atoms with van der Waals surface area (Å²) >= 11 is 2.85. The standard InChI is InChI=1S/C13H12N4OS2/c1-9-15-13(20-17-9)19-7-6-12(18)16-11-5-3-2-4-10(11)8-14/h2-5H,6-7H2,1H3,(H,16,18). The van der Waals surface area contributed by atoms with E-state index in [9.17, 15) is 4.79 Å². The van der Waals surface area contributed by atoms with Crippen molar-refractivity contribution in [3.63, 3.8) is 0 Å². The molecule has 5 nitrogen and oxygen atoms in total. The molecule has 1 aromatic heterocycles. The van der Waals surface area contributed by atoms with Crippen molar-refractivity contribution < 1.29 is 4.79 Å². The number of nitrogens with zero attached hydrogens (tertiary/aromatic N) is 3. The normalized spacial score (nSPS) is 10.0. The van der Waals surface area contributed by atoms with Gasteiger partial charge in [0.1, 0.15) is 11.9 Å². The second kappa shape index (κ2) is 7.03. The molecule has 20 heavy (non-hydrogen) atoms. The summed E-state index contributed by atoms with van der Waals surface area (Å²) in [6, 6.07) is 9.00. The summed E-state index contributed by atoms with van der Waals surface area (Å²) in [5.41, 5.74) is 1.02. The molecule has 0 bridgehead atoms. The summed E-state index contributed by atoms with van der Waals surface area (Å²) in [6.45, 7) is 1.84. The predicted octanol–water partition coefficient (Wildman–Crippen LogP) is 2.84. The van der Waals surface area contributed by atoms with Crippen LogP contribution < -0.4 is 5.32 Å². The Morgan fingerprint density at radius 1 is 1.50 bits per heavy atom. The first kappa shape index (κ1) is 14.5. The summed E-state index contributed by atoms with van der Waals surface area (Å²) in [7, 11) is 0. The van der Waals surface area contributed by atoms with E-state index < -0.39 is 0 Å². The SMILES string of the molecule is Cc1nsc(SCCC(=O)Nc2ccccc2C#N)n1. The maximum Gasteiger partial charge on any atom is 0.225 e. The number of anilines is 1. The number of thioether (sulfide) groups is 1. The molecular weight excluding hydrogens is 292 g/mol. The Morgan fingerprint density at radius 2 is 2.30 bits per heavy atom. The number of amides is 1. The summed E-state index contributed by atoms with van der Waals surface area (Å²) in [6.07, 6.45) is 0.364. The Kier molecular flexibility index (Phi) is 5.09. The minimum absolute atomic E-state index is 0.110. The molecule has 0 saturated carbocycles. The Hall–Kier alpha value is -1.91. The van der Waals surface area contributed by atoms with E-state index in [2.05, 4.69) is 14.7 Å². The Bertz CT molecular complexity index is 648. The molecule has 0 aliphatic heterocycles. The van der Waals surface area contributed by atoms with Crippen LogP contribution in [0, 0.1) is 18.3 Å². The third-order valence-electron chi connectivity index (χ3n) is 2.39. The number of hydrogen-bond acceptors (Lipinski definition) is 6. The Labute approximate surface area is 125 Å². The number of benzene rings is 1. The van der Waals surface area contributed by atoms with Crippen LogP contribution in [0.3, 0.4) is 0 Å². The molecule has 2 aromatic rings. The topological polar surface area (TPSA) is 78.7 Å². The quantitative estimate of drug-likeness (QED) is 0.859. The highest BCUT2D eigenvalue weighted by atomic mass is 32.2. The van der Waals surface area contributed by atoms with E-state index in [0.717, 1.165) is 10.2 Å². The van der Waals surface area contributed by atoms with Crippen LogP contribution in [0.2, 0.25) is 0 Å². The molecule has 1 amide bonds. The van der Waals surface area contributed by atoms with Gasteiger partial charge in [0.25, 0.3) is 0 Å². The summed E-state index contributed by atoms with van der Waals surface area (Å²) in [4.78, 5) is 16.0. The molecule has 0 radical (unpaired) electrons. The average Bonchev–Trinajstić information content (AvgIpc) is 2.85. The van der Waals surface area contributed by atoms with E-state index in [1.807, 2.05) is 13.0 Å². The highest BCUT2D eigenvalue weighted by molar-refractivity contribution is 8.00. The highest BCUT2D eigenvalue weighted by Crippen LogP contribution is 2.21. The molecule has 0 unspecified atom stereocenters. The van der Waals surface area contributed by atoms with Gasteiger partial charge in [0.15, 0.2) is 4.34 Å². The zero-order valence-corrected chi connectivity index (χ0v) is 12.4. The second-order valence-corrected chi connectivity index (χ2v) is 6.01. The van der Waals surface area contributed by atoms with Crippen LogP contribution in [0.15, 0.2) is 28.6 Å². The van der Waals surface area contributed by atoms with Crippen molar-refractivity contribution in [2.75, 3.05) is 11.1 Å². The number of carbonyl (C=O) groups excluding carboxylic acids is 1. The maximum atomic E-state index is 11.8. The molecule has 0 aliphatic carbocycles. The van der Waals surface area contributed by atoms with Crippen LogP contribution in [0.1, 0.15) is 17.8 Å². The van der Waals surface area contributed by atoms with Crippen molar-refractivity contribution >= 4 is 34.9 Å². The molecule has 0 fully saturated rings. The number of nitriles is 1. The molecule has 1 N–H and O–H groups in total. The third-order valence-corrected chi connectivity index (χ3v) is 4.31. The van der Waals surface area contributed by atoms with Gasteiger partial charge >= 0.3 is 0 Å². The fraction of sp³-hybridized carbons (Fsp3) is 0.231. The number of rotatable bonds is 5. The first-order chi connectivity index (χ1) is 9.69. The molecule has 102 valence electrons. The minimum atomic E-state index is -0.110. The van der Waals surface area contributed by atoms with Crippen molar-refractivity contribution in [2.24, 2.45) is 0 Å². The van der Waals surface area contributed by atoms with Crippen molar-refractivity contribution in [2.45, 2.75) is 17.7 Å². The van der Waals surface area contributed by atoms with Gasteiger partial charge in [-0.1, -0.05) is 23.9 Å². The molecule has 0 saturated heterocycles. The fourth-order valence-electron chi connectivity index (χ4n) is 1.47. The lowest BCUT2D eigenvalue weighted by Crippen LogP contribution is -2.13. The number of nitrogens with one attached hydrogen (secondary N) is 1. The van der Waals surface area contributed by atoms with E-state index >= 15 is 0 Å². The fourth-order valence-corrected chi connectivity index (χ4v) is 3.13. The van der Waals surface area contributed by atoms with Crippen LogP contribution in [-0.2, 0) is 4.79 Å². The van der Waals surface area contributed by atoms with Gasteiger partial charge in [-0.2, -0.15) is 9.64 Å². The maximum absolute atomic E-state index is 11.8. The van der Waals surface area contributed by atoms with E-state index in [0.29, 0.717) is 23.4 Å². The van der Waals surface area contributed by atoms with Crippen LogP contribution in [0.25, 0.3) is 0 Å². The first-order valence-corrected chi connectivity index (χ1v) is 7.67. The van der Waals surface area contributed by atoms with Gasteiger partial charge in [-0.15, -0.1) is 0 Å². The van der Waals surface area contributed by atoms with Crippen LogP contribution in [0.4, 0.5) is 5.69 Å². The second-order valence-electron chi connectivity index (χ2n) is 3.91. The zero-order valence-electron chi connectivity index (χ0n) is 10.8. The monoisotopic (exact) mass is 304 g/mol. The largest absolute Gasteiger partial charge is 0.325 e. The Morgan fingerprint density at radius 3 is 3.00 bits per heavy atom. The van der Waals surface area contributed by atoms with Crippen LogP contribution in [-0.4, -0.2) is 21.0 Å². The molecule has 0 spiro atoms. The molecule has 1 aromatic carbocycles. The van der Waals surface area contributed by atoms with E-state index in [-0.39, 0.29) is 5.91 Å². The highest BCUT2D eigenvalue weighted by Gasteiger charge is 2.07. The number of aromatic nitrogens is 2. The van der Waals surface area contributed by atoms with Crippen LogP contribution >= 0.6 is 23.3 Å². The van der Waals surface area contributed by atoms with Gasteiger partial charge in [0.05, 0.1) is 11.3 Å². The van der Waals surface area contributed by atoms with Gasteiger partial charge in [-0.25, -0.2) is 4.98 Å². The third kappa shape index (κ3) is 4.05. The van der Waals surface area contributed by atoms with Crippen molar-refractivity contribution in [3.8, 4) is 6.07 Å². The number of para-hydroxylation sites is 1. The van der Waals surface area contributed by atoms with Crippen molar-refractivity contribution in [1.29, 1.82) is 5.26 Å². The lowest BCUT2D eigenvalue weighted by Gasteiger charge is -2.05. The van der Waals surface area contributed by atoms with E-state index in [1.165, 1.54) is 23.3 Å². The molecular formula is C13H12N4OS2. The smallest absolute Gasteiger partial charge is 0.225 e. The predicted molar refractivity (Wildman–Crippen MR) is 79.8 cm³/mol. The molecule has 7 heteroatoms. The lowest BCUT2D eigenvalue weighted by molar-refractivity contribution is -0.115. The number of aryl methyl sites for hydroxylation is 1. The summed E-state index contributed by atoms with van der Waals surface area (Å²) in [5, 5.41) is 11.7. The first-order valence-electron chi connectivity index (χ1n) is 5.91. The van der Waals surface area contributed by atoms with Gasteiger partial charge in [-0.3, -0.25) is 4.79 Å². The minimum Gasteiger partial charge on any atom is -0.325 e. The van der Waals surface area contributed by atoms with Crippen LogP contribution in [0.5, 0.6) is 0 Å². The Balaban J connectivity index is 1.82. The van der Waals surface area contributed by atoms with E-state index in [1.54, 1.807) is 24.3 Å². The van der Waals surface area contributed by atoms with Crippen molar-refractivity contribution in [1.82, 2.24) is 9.36 Å². The molecule has 2 rings (SSSR count). The lowest BCUT2D eigenvalue weighted by atomic mass is 10.2. The number of carbonyl (C=O) groups is 1. The summed E-state index contributed by atoms with van der Waals surface area (Å²) in [5.74, 6) is 1.28. The van der Waals surface area contributed by atoms with Crippen molar-refractivity contribution in [3.05, 3.63) is 35.7 Å². The van der Waals surface area contributed by atoms with Gasteiger partial charge in [0, 0.05) is 12.2 Å².